The molecule has 1 aromatic rings. The van der Waals surface area contributed by atoms with E-state index in [0.29, 0.717) is 38.8 Å². The number of carbonyl (C=O) groups excluding carboxylic acids is 2. The lowest BCUT2D eigenvalue weighted by molar-refractivity contribution is -0.179. The molecular weight excluding hydrogens is 456 g/mol. The molecule has 8 nitrogen and oxygen atoms in total. The average Bonchev–Trinajstić information content (AvgIpc) is 3.04. The van der Waals surface area contributed by atoms with Crippen molar-refractivity contribution in [2.45, 2.75) is 76.0 Å². The van der Waals surface area contributed by atoms with Crippen molar-refractivity contribution < 1.29 is 19.4 Å². The maximum Gasteiger partial charge on any atom is 0.327 e. The topological polar surface area (TPSA) is 76.6 Å². The Balaban J connectivity index is 1.88. The van der Waals surface area contributed by atoms with Gasteiger partial charge < -0.3 is 19.6 Å². The lowest BCUT2D eigenvalue weighted by atomic mass is 9.49. The maximum atomic E-state index is 13.9. The number of urea groups is 1. The van der Waals surface area contributed by atoms with Gasteiger partial charge in [-0.3, -0.25) is 14.6 Å². The molecule has 3 fully saturated rings. The van der Waals surface area contributed by atoms with Gasteiger partial charge >= 0.3 is 6.03 Å². The first kappa shape index (κ1) is 26.9. The zero-order valence-electron chi connectivity index (χ0n) is 23.1. The summed E-state index contributed by atoms with van der Waals surface area (Å²) < 4.78 is 5.62. The molecule has 0 aromatic heterocycles. The summed E-state index contributed by atoms with van der Waals surface area (Å²) in [5.41, 5.74) is -0.566. The van der Waals surface area contributed by atoms with E-state index >= 15 is 0 Å². The highest BCUT2D eigenvalue weighted by Gasteiger charge is 2.69. The molecule has 3 amide bonds. The first-order valence-corrected chi connectivity index (χ1v) is 13.4. The van der Waals surface area contributed by atoms with E-state index in [0.717, 1.165) is 36.5 Å². The Labute approximate surface area is 216 Å². The predicted octanol–water partition coefficient (Wildman–Crippen LogP) is 2.86. The van der Waals surface area contributed by atoms with Crippen LogP contribution in [0.3, 0.4) is 0 Å². The summed E-state index contributed by atoms with van der Waals surface area (Å²) in [5, 5.41) is 12.7. The van der Waals surface area contributed by atoms with Gasteiger partial charge in [-0.15, -0.1) is 0 Å². The highest BCUT2D eigenvalue weighted by atomic mass is 16.5. The Hall–Kier alpha value is -2.16. The highest BCUT2D eigenvalue weighted by molar-refractivity contribution is 6.07. The minimum absolute atomic E-state index is 0.0984. The molecule has 1 N–H and O–H groups in total. The van der Waals surface area contributed by atoms with Crippen LogP contribution in [0.2, 0.25) is 0 Å². The number of aryl methyl sites for hydroxylation is 1. The van der Waals surface area contributed by atoms with Gasteiger partial charge in [0, 0.05) is 37.6 Å². The lowest BCUT2D eigenvalue weighted by Gasteiger charge is -2.63. The molecule has 4 rings (SSSR count). The van der Waals surface area contributed by atoms with Crippen LogP contribution < -0.4 is 4.74 Å². The second-order valence-corrected chi connectivity index (χ2v) is 11.2. The molecule has 8 heteroatoms. The van der Waals surface area contributed by atoms with Gasteiger partial charge in [-0.2, -0.15) is 0 Å². The summed E-state index contributed by atoms with van der Waals surface area (Å²) in [5.74, 6) is 0.632. The van der Waals surface area contributed by atoms with Gasteiger partial charge in [-0.25, -0.2) is 4.79 Å². The molecule has 1 aromatic carbocycles. The van der Waals surface area contributed by atoms with E-state index in [-0.39, 0.29) is 18.0 Å². The predicted molar refractivity (Wildman–Crippen MR) is 140 cm³/mol. The Morgan fingerprint density at radius 1 is 1.14 bits per heavy atom. The van der Waals surface area contributed by atoms with E-state index in [2.05, 4.69) is 43.8 Å². The largest absolute Gasteiger partial charge is 0.497 e. The van der Waals surface area contributed by atoms with Crippen LogP contribution >= 0.6 is 0 Å². The zero-order valence-corrected chi connectivity index (χ0v) is 23.1. The van der Waals surface area contributed by atoms with E-state index in [1.54, 1.807) is 12.0 Å². The third-order valence-electron chi connectivity index (χ3n) is 9.46. The van der Waals surface area contributed by atoms with Crippen LogP contribution in [0.1, 0.15) is 57.6 Å². The Morgan fingerprint density at radius 3 is 2.47 bits per heavy atom. The SMILES string of the molecule is CCN1C(=O)N(CC)[C@]2(CCC3(O)C(C)N(CCN(C)C)CC[C@]3(c3cc(OC)ccc3C)C2)C1=O. The summed E-state index contributed by atoms with van der Waals surface area (Å²) in [4.78, 5) is 35.0. The fourth-order valence-electron chi connectivity index (χ4n) is 7.37. The number of aliphatic hydroxyl groups is 1. The van der Waals surface area contributed by atoms with E-state index in [4.69, 9.17) is 4.74 Å². The normalized spacial score (nSPS) is 33.1. The van der Waals surface area contributed by atoms with Crippen molar-refractivity contribution >= 4 is 11.9 Å². The number of piperidine rings is 1. The average molecular weight is 501 g/mol. The number of benzene rings is 1. The molecule has 0 bridgehead atoms. The molecule has 200 valence electrons. The van der Waals surface area contributed by atoms with E-state index in [1.165, 1.54) is 4.90 Å². The van der Waals surface area contributed by atoms with Crippen LogP contribution in [0.25, 0.3) is 0 Å². The van der Waals surface area contributed by atoms with Gasteiger partial charge in [0.15, 0.2) is 0 Å². The van der Waals surface area contributed by atoms with Crippen LogP contribution in [0.5, 0.6) is 5.75 Å². The summed E-state index contributed by atoms with van der Waals surface area (Å²) in [7, 11) is 5.79. The molecule has 2 unspecified atom stereocenters. The summed E-state index contributed by atoms with van der Waals surface area (Å²) >= 11 is 0. The van der Waals surface area contributed by atoms with Crippen molar-refractivity contribution in [1.82, 2.24) is 19.6 Å². The molecule has 1 aliphatic carbocycles. The first-order chi connectivity index (χ1) is 17.0. The summed E-state index contributed by atoms with van der Waals surface area (Å²) in [6, 6.07) is 5.75. The fourth-order valence-corrected chi connectivity index (χ4v) is 7.37. The quantitative estimate of drug-likeness (QED) is 0.581. The number of methoxy groups -OCH3 is 1. The van der Waals surface area contributed by atoms with Crippen molar-refractivity contribution in [2.75, 3.05) is 53.9 Å². The minimum atomic E-state index is -1.05. The minimum Gasteiger partial charge on any atom is -0.497 e. The third kappa shape index (κ3) is 3.75. The van der Waals surface area contributed by atoms with Gasteiger partial charge in [0.05, 0.1) is 12.7 Å². The van der Waals surface area contributed by atoms with Crippen molar-refractivity contribution in [1.29, 1.82) is 0 Å². The number of fused-ring (bicyclic) bond motifs is 1. The first-order valence-electron chi connectivity index (χ1n) is 13.4. The van der Waals surface area contributed by atoms with Gasteiger partial charge in [0.25, 0.3) is 5.91 Å². The summed E-state index contributed by atoms with van der Waals surface area (Å²) in [6.07, 6.45) is 2.05. The fraction of sp³-hybridized carbons (Fsp3) is 0.714. The van der Waals surface area contributed by atoms with E-state index in [1.807, 2.05) is 26.0 Å². The Morgan fingerprint density at radius 2 is 1.86 bits per heavy atom. The van der Waals surface area contributed by atoms with Gasteiger partial charge in [-0.05, 0) is 97.3 Å². The van der Waals surface area contributed by atoms with Crippen LogP contribution in [0.15, 0.2) is 18.2 Å². The molecule has 4 atom stereocenters. The van der Waals surface area contributed by atoms with Gasteiger partial charge in [-0.1, -0.05) is 6.07 Å². The number of likely N-dealkylation sites (tertiary alicyclic amines) is 1. The second kappa shape index (κ2) is 9.62. The number of amides is 3. The van der Waals surface area contributed by atoms with Crippen LogP contribution in [0.4, 0.5) is 4.79 Å². The number of likely N-dealkylation sites (N-methyl/N-ethyl adjacent to an activating group) is 3. The molecule has 2 saturated heterocycles. The number of ether oxygens (including phenoxy) is 1. The number of carbonyl (C=O) groups is 2. The van der Waals surface area contributed by atoms with E-state index < -0.39 is 16.6 Å². The van der Waals surface area contributed by atoms with Crippen molar-refractivity contribution in [3.05, 3.63) is 29.3 Å². The molecule has 0 radical (unpaired) electrons. The number of hydrogen-bond acceptors (Lipinski definition) is 6. The summed E-state index contributed by atoms with van der Waals surface area (Å²) in [6.45, 7) is 11.4. The van der Waals surface area contributed by atoms with Crippen LogP contribution in [-0.2, 0) is 10.2 Å². The zero-order chi connectivity index (χ0) is 26.5. The molecule has 2 aliphatic heterocycles. The molecular formula is C28H44N4O4. The molecule has 1 saturated carbocycles. The molecule has 36 heavy (non-hydrogen) atoms. The number of nitrogens with zero attached hydrogens (tertiary/aromatic N) is 4. The Bertz CT molecular complexity index is 1020. The van der Waals surface area contributed by atoms with Crippen LogP contribution in [0, 0.1) is 6.92 Å². The standard InChI is InChI=1S/C28H44N4O4/c1-8-31-24(33)27(32(9-2)25(31)34)12-13-28(35)21(4)30(17-16-29(5)6)15-14-26(28,19-27)23-18-22(36-7)11-10-20(23)3/h10-11,18,21,35H,8-9,12-17,19H2,1-7H3/t21?,26-,27+,28?/m1/s1. The third-order valence-corrected chi connectivity index (χ3v) is 9.46. The van der Waals surface area contributed by atoms with Crippen molar-refractivity contribution in [3.63, 3.8) is 0 Å². The Kier molecular flexibility index (Phi) is 7.18. The molecule has 1 spiro atoms. The smallest absolute Gasteiger partial charge is 0.327 e. The highest BCUT2D eigenvalue weighted by Crippen LogP contribution is 2.59. The lowest BCUT2D eigenvalue weighted by Crippen LogP contribution is -2.74. The van der Waals surface area contributed by atoms with E-state index in [9.17, 15) is 14.7 Å². The van der Waals surface area contributed by atoms with Crippen molar-refractivity contribution in [3.8, 4) is 5.75 Å². The molecule has 3 aliphatic rings. The van der Waals surface area contributed by atoms with Gasteiger partial charge in [0.1, 0.15) is 11.3 Å². The van der Waals surface area contributed by atoms with Crippen LogP contribution in [-0.4, -0.2) is 108 Å². The van der Waals surface area contributed by atoms with Crippen molar-refractivity contribution in [2.24, 2.45) is 0 Å². The monoisotopic (exact) mass is 500 g/mol. The molecule has 2 heterocycles. The maximum absolute atomic E-state index is 13.9. The number of imide groups is 1. The second-order valence-electron chi connectivity index (χ2n) is 11.2. The number of rotatable bonds is 7. The van der Waals surface area contributed by atoms with Gasteiger partial charge in [0.2, 0.25) is 0 Å². The number of hydrogen-bond donors (Lipinski definition) is 1.